The molecule has 0 amide bonds. The van der Waals surface area contributed by atoms with E-state index in [1.165, 1.54) is 0 Å². The highest BCUT2D eigenvalue weighted by atomic mass is 16.3. The van der Waals surface area contributed by atoms with Crippen LogP contribution in [0.25, 0.3) is 0 Å². The van der Waals surface area contributed by atoms with Crippen molar-refractivity contribution in [3.63, 3.8) is 0 Å². The maximum atomic E-state index is 9.81. The second kappa shape index (κ2) is 4.98. The quantitative estimate of drug-likeness (QED) is 0.817. The molecule has 2 atom stereocenters. The lowest BCUT2D eigenvalue weighted by molar-refractivity contribution is 0.191. The van der Waals surface area contributed by atoms with E-state index in [2.05, 4.69) is 19.8 Å². The lowest BCUT2D eigenvalue weighted by Gasteiger charge is -2.27. The molecule has 1 aromatic rings. The van der Waals surface area contributed by atoms with Crippen LogP contribution in [0.2, 0.25) is 0 Å². The molecule has 94 valence electrons. The van der Waals surface area contributed by atoms with Crippen molar-refractivity contribution in [3.8, 4) is 0 Å². The Kier molecular flexibility index (Phi) is 3.59. The van der Waals surface area contributed by atoms with Crippen molar-refractivity contribution in [2.75, 3.05) is 32.1 Å². The molecule has 1 aromatic heterocycles. The summed E-state index contributed by atoms with van der Waals surface area (Å²) in [5.41, 5.74) is 0.958. The largest absolute Gasteiger partial charge is 0.391 e. The van der Waals surface area contributed by atoms with Gasteiger partial charge in [-0.05, 0) is 27.4 Å². The molecule has 1 aliphatic heterocycles. The van der Waals surface area contributed by atoms with Gasteiger partial charge < -0.3 is 14.9 Å². The molecule has 1 fully saturated rings. The molecule has 0 bridgehead atoms. The number of anilines is 1. The molecule has 2 unspecified atom stereocenters. The number of aliphatic hydroxyl groups excluding tert-OH is 1. The van der Waals surface area contributed by atoms with Crippen molar-refractivity contribution in [3.05, 3.63) is 18.1 Å². The fraction of sp³-hybridized carbons (Fsp3) is 0.667. The van der Waals surface area contributed by atoms with Gasteiger partial charge in [0, 0.05) is 30.9 Å². The Morgan fingerprint density at radius 2 is 2.24 bits per heavy atom. The van der Waals surface area contributed by atoms with Gasteiger partial charge in [0.1, 0.15) is 12.1 Å². The van der Waals surface area contributed by atoms with Gasteiger partial charge in [-0.2, -0.15) is 0 Å². The van der Waals surface area contributed by atoms with E-state index < -0.39 is 0 Å². The minimum absolute atomic E-state index is 0.254. The first-order valence-corrected chi connectivity index (χ1v) is 5.94. The average Bonchev–Trinajstić information content (AvgIpc) is 2.58. The van der Waals surface area contributed by atoms with E-state index in [1.807, 2.05) is 27.1 Å². The third kappa shape index (κ3) is 2.92. The monoisotopic (exact) mass is 236 g/mol. The average molecular weight is 236 g/mol. The van der Waals surface area contributed by atoms with E-state index in [4.69, 9.17) is 0 Å². The van der Waals surface area contributed by atoms with E-state index in [1.54, 1.807) is 6.33 Å². The highest BCUT2D eigenvalue weighted by Gasteiger charge is 2.32. The molecule has 5 nitrogen and oxygen atoms in total. The van der Waals surface area contributed by atoms with Crippen LogP contribution in [0.3, 0.4) is 0 Å². The predicted molar refractivity (Wildman–Crippen MR) is 67.1 cm³/mol. The van der Waals surface area contributed by atoms with Gasteiger partial charge in [0.05, 0.1) is 6.10 Å². The van der Waals surface area contributed by atoms with E-state index in [-0.39, 0.29) is 6.10 Å². The molecule has 0 aromatic carbocycles. The molecule has 0 saturated carbocycles. The summed E-state index contributed by atoms with van der Waals surface area (Å²) in [5, 5.41) is 9.81. The first kappa shape index (κ1) is 12.3. The molecule has 1 N–H and O–H groups in total. The van der Waals surface area contributed by atoms with Gasteiger partial charge in [0.15, 0.2) is 0 Å². The number of aromatic nitrogens is 2. The summed E-state index contributed by atoms with van der Waals surface area (Å²) >= 11 is 0. The zero-order valence-corrected chi connectivity index (χ0v) is 10.7. The summed E-state index contributed by atoms with van der Waals surface area (Å²) in [6.07, 6.45) is 2.14. The van der Waals surface area contributed by atoms with Gasteiger partial charge in [-0.3, -0.25) is 0 Å². The number of β-amino-alcohol motifs (C(OH)–C–C–N with tert-alkyl or cyclic N) is 1. The SMILES string of the molecule is Cc1cc(N2CC(O)CC2CN(C)C)ncn1. The molecule has 1 saturated heterocycles. The summed E-state index contributed by atoms with van der Waals surface area (Å²) in [7, 11) is 4.10. The summed E-state index contributed by atoms with van der Waals surface area (Å²) in [6.45, 7) is 3.55. The smallest absolute Gasteiger partial charge is 0.132 e. The maximum Gasteiger partial charge on any atom is 0.132 e. The van der Waals surface area contributed by atoms with Crippen molar-refractivity contribution in [1.82, 2.24) is 14.9 Å². The Bertz CT molecular complexity index is 383. The summed E-state index contributed by atoms with van der Waals surface area (Å²) in [5.74, 6) is 0.918. The first-order chi connectivity index (χ1) is 8.06. The third-order valence-electron chi connectivity index (χ3n) is 3.05. The zero-order valence-electron chi connectivity index (χ0n) is 10.7. The second-order valence-corrected chi connectivity index (χ2v) is 4.98. The van der Waals surface area contributed by atoms with Crippen LogP contribution in [0.1, 0.15) is 12.1 Å². The number of aryl methyl sites for hydroxylation is 1. The standard InChI is InChI=1S/C12H20N4O/c1-9-4-12(14-8-13-9)16-7-11(17)5-10(16)6-15(2)3/h4,8,10-11,17H,5-7H2,1-3H3. The lowest BCUT2D eigenvalue weighted by Crippen LogP contribution is -2.38. The molecule has 17 heavy (non-hydrogen) atoms. The number of likely N-dealkylation sites (N-methyl/N-ethyl adjacent to an activating group) is 1. The fourth-order valence-electron chi connectivity index (χ4n) is 2.36. The van der Waals surface area contributed by atoms with E-state index in [0.717, 1.165) is 24.5 Å². The van der Waals surface area contributed by atoms with Crippen LogP contribution in [0.4, 0.5) is 5.82 Å². The van der Waals surface area contributed by atoms with Crippen molar-refractivity contribution in [1.29, 1.82) is 0 Å². The second-order valence-electron chi connectivity index (χ2n) is 4.98. The molecule has 0 aliphatic carbocycles. The minimum Gasteiger partial charge on any atom is -0.391 e. The van der Waals surface area contributed by atoms with Crippen LogP contribution in [-0.4, -0.2) is 59.3 Å². The number of hydrogen-bond donors (Lipinski definition) is 1. The minimum atomic E-state index is -0.254. The lowest BCUT2D eigenvalue weighted by atomic mass is 10.2. The summed E-state index contributed by atoms with van der Waals surface area (Å²) in [4.78, 5) is 12.7. The van der Waals surface area contributed by atoms with E-state index in [0.29, 0.717) is 12.6 Å². The van der Waals surface area contributed by atoms with Crippen LogP contribution in [0, 0.1) is 6.92 Å². The van der Waals surface area contributed by atoms with Crippen molar-refractivity contribution < 1.29 is 5.11 Å². The molecular weight excluding hydrogens is 216 g/mol. The van der Waals surface area contributed by atoms with Gasteiger partial charge >= 0.3 is 0 Å². The number of aliphatic hydroxyl groups is 1. The van der Waals surface area contributed by atoms with E-state index in [9.17, 15) is 5.11 Å². The molecule has 1 aliphatic rings. The Morgan fingerprint density at radius 3 is 2.88 bits per heavy atom. The number of nitrogens with zero attached hydrogens (tertiary/aromatic N) is 4. The van der Waals surface area contributed by atoms with Gasteiger partial charge in [-0.25, -0.2) is 9.97 Å². The highest BCUT2D eigenvalue weighted by Crippen LogP contribution is 2.24. The topological polar surface area (TPSA) is 52.5 Å². The van der Waals surface area contributed by atoms with Gasteiger partial charge in [-0.15, -0.1) is 0 Å². The Labute approximate surface area is 102 Å². The highest BCUT2D eigenvalue weighted by molar-refractivity contribution is 5.42. The summed E-state index contributed by atoms with van der Waals surface area (Å²) in [6, 6.07) is 2.30. The summed E-state index contributed by atoms with van der Waals surface area (Å²) < 4.78 is 0. The Morgan fingerprint density at radius 1 is 1.47 bits per heavy atom. The first-order valence-electron chi connectivity index (χ1n) is 5.94. The normalized spacial score (nSPS) is 24.6. The van der Waals surface area contributed by atoms with Gasteiger partial charge in [0.2, 0.25) is 0 Å². The van der Waals surface area contributed by atoms with Crippen LogP contribution in [-0.2, 0) is 0 Å². The third-order valence-corrected chi connectivity index (χ3v) is 3.05. The zero-order chi connectivity index (χ0) is 12.4. The number of hydrogen-bond acceptors (Lipinski definition) is 5. The van der Waals surface area contributed by atoms with Gasteiger partial charge in [-0.1, -0.05) is 0 Å². The van der Waals surface area contributed by atoms with Crippen LogP contribution < -0.4 is 4.90 Å². The van der Waals surface area contributed by atoms with Crippen LogP contribution >= 0.6 is 0 Å². The van der Waals surface area contributed by atoms with Crippen molar-refractivity contribution in [2.45, 2.75) is 25.5 Å². The molecule has 0 radical (unpaired) electrons. The fourth-order valence-corrected chi connectivity index (χ4v) is 2.36. The van der Waals surface area contributed by atoms with Gasteiger partial charge in [0.25, 0.3) is 0 Å². The van der Waals surface area contributed by atoms with Crippen LogP contribution in [0.5, 0.6) is 0 Å². The van der Waals surface area contributed by atoms with Crippen molar-refractivity contribution in [2.24, 2.45) is 0 Å². The predicted octanol–water partition coefficient (Wildman–Crippen LogP) is 0.286. The number of rotatable bonds is 3. The molecule has 2 heterocycles. The Hall–Kier alpha value is -1.20. The molecular formula is C12H20N4O. The van der Waals surface area contributed by atoms with E-state index >= 15 is 0 Å². The van der Waals surface area contributed by atoms with Crippen molar-refractivity contribution >= 4 is 5.82 Å². The molecule has 0 spiro atoms. The van der Waals surface area contributed by atoms with Crippen LogP contribution in [0.15, 0.2) is 12.4 Å². The Balaban J connectivity index is 2.17. The molecule has 2 rings (SSSR count). The maximum absolute atomic E-state index is 9.81. The molecule has 5 heteroatoms.